The quantitative estimate of drug-likeness (QED) is 0.632. The van der Waals surface area contributed by atoms with Crippen LogP contribution in [0.3, 0.4) is 0 Å². The predicted molar refractivity (Wildman–Crippen MR) is 65.0 cm³/mol. The first kappa shape index (κ1) is 13.0. The zero-order valence-electron chi connectivity index (χ0n) is 9.99. The third-order valence-corrected chi connectivity index (χ3v) is 1.95. The molecule has 0 aliphatic heterocycles. The maximum absolute atomic E-state index is 10.4. The molecular weight excluding hydrogens is 222 g/mol. The molecule has 4 N–H and O–H groups in total. The summed E-state index contributed by atoms with van der Waals surface area (Å²) in [4.78, 5) is 18.7. The monoisotopic (exact) mass is 239 g/mol. The van der Waals surface area contributed by atoms with Gasteiger partial charge in [-0.1, -0.05) is 0 Å². The SMILES string of the molecule is CCNc1ncc(C)c(NCCOC(N)=O)n1. The molecule has 7 nitrogen and oxygen atoms in total. The van der Waals surface area contributed by atoms with E-state index in [0.29, 0.717) is 18.3 Å². The normalized spacial score (nSPS) is 9.76. The lowest BCUT2D eigenvalue weighted by Crippen LogP contribution is -2.19. The lowest BCUT2D eigenvalue weighted by molar-refractivity contribution is 0.161. The fraction of sp³-hybridized carbons (Fsp3) is 0.500. The molecule has 1 rings (SSSR count). The maximum atomic E-state index is 10.4. The Labute approximate surface area is 99.8 Å². The molecule has 0 aliphatic carbocycles. The van der Waals surface area contributed by atoms with Crippen LogP contribution in [0.4, 0.5) is 16.6 Å². The summed E-state index contributed by atoms with van der Waals surface area (Å²) >= 11 is 0. The van der Waals surface area contributed by atoms with Crippen LogP contribution in [-0.2, 0) is 4.74 Å². The molecule has 0 fully saturated rings. The standard InChI is InChI=1S/C10H17N5O2/c1-3-12-10-14-6-7(2)8(15-10)13-4-5-17-9(11)16/h6H,3-5H2,1-2H3,(H2,11,16)(H2,12,13,14,15). The van der Waals surface area contributed by atoms with Gasteiger partial charge in [0.2, 0.25) is 5.95 Å². The van der Waals surface area contributed by atoms with Gasteiger partial charge in [0.1, 0.15) is 12.4 Å². The van der Waals surface area contributed by atoms with Crippen molar-refractivity contribution in [2.45, 2.75) is 13.8 Å². The smallest absolute Gasteiger partial charge is 0.404 e. The van der Waals surface area contributed by atoms with E-state index in [1.807, 2.05) is 13.8 Å². The van der Waals surface area contributed by atoms with Crippen LogP contribution in [0.15, 0.2) is 6.20 Å². The number of aromatic nitrogens is 2. The van der Waals surface area contributed by atoms with Gasteiger partial charge in [-0.05, 0) is 13.8 Å². The van der Waals surface area contributed by atoms with Crippen LogP contribution in [0.1, 0.15) is 12.5 Å². The van der Waals surface area contributed by atoms with Crippen LogP contribution in [-0.4, -0.2) is 35.8 Å². The van der Waals surface area contributed by atoms with Crippen LogP contribution >= 0.6 is 0 Å². The highest BCUT2D eigenvalue weighted by molar-refractivity contribution is 5.64. The Morgan fingerprint density at radius 3 is 2.94 bits per heavy atom. The van der Waals surface area contributed by atoms with Crippen molar-refractivity contribution in [2.75, 3.05) is 30.3 Å². The summed E-state index contributed by atoms with van der Waals surface area (Å²) in [5.41, 5.74) is 5.76. The van der Waals surface area contributed by atoms with E-state index in [1.54, 1.807) is 6.20 Å². The third-order valence-electron chi connectivity index (χ3n) is 1.95. The van der Waals surface area contributed by atoms with E-state index in [9.17, 15) is 4.79 Å². The second-order valence-electron chi connectivity index (χ2n) is 3.35. The van der Waals surface area contributed by atoms with Crippen molar-refractivity contribution in [3.63, 3.8) is 0 Å². The van der Waals surface area contributed by atoms with Crippen molar-refractivity contribution in [1.82, 2.24) is 9.97 Å². The van der Waals surface area contributed by atoms with E-state index in [0.717, 1.165) is 12.1 Å². The van der Waals surface area contributed by atoms with Gasteiger partial charge in [-0.15, -0.1) is 0 Å². The summed E-state index contributed by atoms with van der Waals surface area (Å²) in [5.74, 6) is 1.28. The molecule has 0 aromatic carbocycles. The van der Waals surface area contributed by atoms with Crippen molar-refractivity contribution in [1.29, 1.82) is 0 Å². The number of nitrogens with two attached hydrogens (primary N) is 1. The topological polar surface area (TPSA) is 102 Å². The number of carbonyl (C=O) groups is 1. The molecule has 7 heteroatoms. The maximum Gasteiger partial charge on any atom is 0.404 e. The van der Waals surface area contributed by atoms with Crippen LogP contribution < -0.4 is 16.4 Å². The molecule has 0 saturated carbocycles. The van der Waals surface area contributed by atoms with Gasteiger partial charge in [0.05, 0.1) is 6.54 Å². The Morgan fingerprint density at radius 2 is 2.29 bits per heavy atom. The highest BCUT2D eigenvalue weighted by atomic mass is 16.5. The molecule has 0 saturated heterocycles. The number of anilines is 2. The van der Waals surface area contributed by atoms with Crippen LogP contribution in [0.2, 0.25) is 0 Å². The summed E-state index contributed by atoms with van der Waals surface area (Å²) in [5, 5.41) is 6.06. The molecule has 0 radical (unpaired) electrons. The Bertz CT molecular complexity index is 383. The molecule has 1 heterocycles. The number of amides is 1. The Hall–Kier alpha value is -2.05. The van der Waals surface area contributed by atoms with E-state index in [-0.39, 0.29) is 6.61 Å². The number of nitrogens with zero attached hydrogens (tertiary/aromatic N) is 2. The first-order valence-electron chi connectivity index (χ1n) is 5.37. The van der Waals surface area contributed by atoms with E-state index in [2.05, 4.69) is 25.3 Å². The molecule has 1 aromatic rings. The van der Waals surface area contributed by atoms with Gasteiger partial charge in [-0.2, -0.15) is 4.98 Å². The van der Waals surface area contributed by atoms with Gasteiger partial charge < -0.3 is 21.1 Å². The molecule has 0 atom stereocenters. The first-order chi connectivity index (χ1) is 8.13. The van der Waals surface area contributed by atoms with Crippen molar-refractivity contribution in [2.24, 2.45) is 5.73 Å². The Kier molecular flexibility index (Phi) is 4.99. The summed E-state index contributed by atoms with van der Waals surface area (Å²) in [6.45, 7) is 5.28. The number of rotatable bonds is 6. The second kappa shape index (κ2) is 6.51. The molecule has 1 amide bonds. The van der Waals surface area contributed by atoms with Gasteiger partial charge in [0.15, 0.2) is 0 Å². The summed E-state index contributed by atoms with van der Waals surface area (Å²) in [7, 11) is 0. The molecule has 0 unspecified atom stereocenters. The minimum Gasteiger partial charge on any atom is -0.448 e. The number of hydrogen-bond acceptors (Lipinski definition) is 6. The third kappa shape index (κ3) is 4.54. The molecule has 0 bridgehead atoms. The second-order valence-corrected chi connectivity index (χ2v) is 3.35. The molecule has 17 heavy (non-hydrogen) atoms. The Morgan fingerprint density at radius 1 is 1.53 bits per heavy atom. The number of aryl methyl sites for hydroxylation is 1. The van der Waals surface area contributed by atoms with Gasteiger partial charge >= 0.3 is 6.09 Å². The van der Waals surface area contributed by atoms with Crippen molar-refractivity contribution >= 4 is 17.9 Å². The van der Waals surface area contributed by atoms with Gasteiger partial charge in [0.25, 0.3) is 0 Å². The minimum atomic E-state index is -0.778. The highest BCUT2D eigenvalue weighted by Crippen LogP contribution is 2.11. The van der Waals surface area contributed by atoms with E-state index >= 15 is 0 Å². The van der Waals surface area contributed by atoms with E-state index in [1.165, 1.54) is 0 Å². The van der Waals surface area contributed by atoms with E-state index < -0.39 is 6.09 Å². The molecular formula is C10H17N5O2. The summed E-state index contributed by atoms with van der Waals surface area (Å²) < 4.78 is 4.60. The number of ether oxygens (including phenoxy) is 1. The zero-order valence-corrected chi connectivity index (χ0v) is 9.99. The first-order valence-corrected chi connectivity index (χ1v) is 5.37. The molecule has 94 valence electrons. The number of carbonyl (C=O) groups excluding carboxylic acids is 1. The van der Waals surface area contributed by atoms with Gasteiger partial charge in [-0.25, -0.2) is 9.78 Å². The van der Waals surface area contributed by atoms with Crippen molar-refractivity contribution in [3.8, 4) is 0 Å². The highest BCUT2D eigenvalue weighted by Gasteiger charge is 2.02. The lowest BCUT2D eigenvalue weighted by atomic mass is 10.3. The fourth-order valence-electron chi connectivity index (χ4n) is 1.19. The van der Waals surface area contributed by atoms with Crippen LogP contribution in [0.5, 0.6) is 0 Å². The summed E-state index contributed by atoms with van der Waals surface area (Å²) in [6.07, 6.45) is 0.946. The van der Waals surface area contributed by atoms with Gasteiger partial charge in [0, 0.05) is 18.3 Å². The fourth-order valence-corrected chi connectivity index (χ4v) is 1.19. The summed E-state index contributed by atoms with van der Waals surface area (Å²) in [6, 6.07) is 0. The number of hydrogen-bond donors (Lipinski definition) is 3. The minimum absolute atomic E-state index is 0.204. The average molecular weight is 239 g/mol. The molecule has 0 aliphatic rings. The van der Waals surface area contributed by atoms with Crippen LogP contribution in [0, 0.1) is 6.92 Å². The zero-order chi connectivity index (χ0) is 12.7. The number of primary amides is 1. The van der Waals surface area contributed by atoms with Crippen LogP contribution in [0.25, 0.3) is 0 Å². The number of nitrogens with one attached hydrogen (secondary N) is 2. The lowest BCUT2D eigenvalue weighted by Gasteiger charge is -2.09. The van der Waals surface area contributed by atoms with Crippen molar-refractivity contribution < 1.29 is 9.53 Å². The predicted octanol–water partition coefficient (Wildman–Crippen LogP) is 0.724. The molecule has 1 aromatic heterocycles. The molecule has 0 spiro atoms. The van der Waals surface area contributed by atoms with Gasteiger partial charge in [-0.3, -0.25) is 0 Å². The average Bonchev–Trinajstić information content (AvgIpc) is 2.28. The largest absolute Gasteiger partial charge is 0.448 e. The Balaban J connectivity index is 2.51. The van der Waals surface area contributed by atoms with Crippen molar-refractivity contribution in [3.05, 3.63) is 11.8 Å². The van der Waals surface area contributed by atoms with E-state index in [4.69, 9.17) is 5.73 Å².